The second-order valence-electron chi connectivity index (χ2n) is 6.85. The molecule has 0 bridgehead atoms. The highest BCUT2D eigenvalue weighted by Gasteiger charge is 2.27. The lowest BCUT2D eigenvalue weighted by Crippen LogP contribution is -2.38. The van der Waals surface area contributed by atoms with Crippen molar-refractivity contribution in [2.75, 3.05) is 23.3 Å². The Balaban J connectivity index is 1.60. The molecule has 0 radical (unpaired) electrons. The summed E-state index contributed by atoms with van der Waals surface area (Å²) in [7, 11) is -2.53. The summed E-state index contributed by atoms with van der Waals surface area (Å²) in [5, 5.41) is 11.7. The Morgan fingerprint density at radius 2 is 1.67 bits per heavy atom. The maximum atomic E-state index is 13.4. The molecular weight excluding hydrogens is 460 g/mol. The number of anilines is 2. The van der Waals surface area contributed by atoms with E-state index in [2.05, 4.69) is 15.5 Å². The number of carbonyl (C=O) groups excluding carboxylic acids is 1. The predicted molar refractivity (Wildman–Crippen MR) is 128 cm³/mol. The molecule has 0 atom stereocenters. The summed E-state index contributed by atoms with van der Waals surface area (Å²) in [6.07, 6.45) is 0. The van der Waals surface area contributed by atoms with Gasteiger partial charge in [-0.25, -0.2) is 8.42 Å². The van der Waals surface area contributed by atoms with E-state index in [4.69, 9.17) is 4.74 Å². The molecule has 0 spiro atoms. The van der Waals surface area contributed by atoms with Crippen LogP contribution in [0.1, 0.15) is 0 Å². The molecule has 0 saturated heterocycles. The molecule has 0 aliphatic heterocycles. The molecule has 4 aromatic rings. The van der Waals surface area contributed by atoms with Crippen LogP contribution in [0.25, 0.3) is 10.6 Å². The van der Waals surface area contributed by atoms with Gasteiger partial charge in [-0.2, -0.15) is 0 Å². The van der Waals surface area contributed by atoms with Gasteiger partial charge in [0.2, 0.25) is 11.0 Å². The fourth-order valence-corrected chi connectivity index (χ4v) is 5.26. The molecule has 0 unspecified atom stereocenters. The van der Waals surface area contributed by atoms with Crippen molar-refractivity contribution in [1.29, 1.82) is 0 Å². The van der Waals surface area contributed by atoms with Crippen molar-refractivity contribution in [2.45, 2.75) is 4.90 Å². The van der Waals surface area contributed by atoms with Crippen LogP contribution in [0.15, 0.2) is 89.8 Å². The number of nitrogens with one attached hydrogen (secondary N) is 1. The Kier molecular flexibility index (Phi) is 6.66. The van der Waals surface area contributed by atoms with E-state index in [0.717, 1.165) is 9.87 Å². The minimum atomic E-state index is -4.02. The maximum absolute atomic E-state index is 13.4. The Bertz CT molecular complexity index is 1340. The SMILES string of the molecule is COc1cccc(N(CC(=O)Nc2nnc(-c3ccccc3)s2)S(=O)(=O)c2ccccc2)c1. The van der Waals surface area contributed by atoms with Crippen LogP contribution in [-0.4, -0.2) is 38.2 Å². The lowest BCUT2D eigenvalue weighted by molar-refractivity contribution is -0.114. The van der Waals surface area contributed by atoms with Gasteiger partial charge in [-0.3, -0.25) is 14.4 Å². The van der Waals surface area contributed by atoms with Gasteiger partial charge >= 0.3 is 0 Å². The molecule has 1 N–H and O–H groups in total. The number of sulfonamides is 1. The fourth-order valence-electron chi connectivity index (χ4n) is 3.06. The Morgan fingerprint density at radius 1 is 0.970 bits per heavy atom. The summed E-state index contributed by atoms with van der Waals surface area (Å²) < 4.78 is 33.0. The van der Waals surface area contributed by atoms with Crippen molar-refractivity contribution in [3.63, 3.8) is 0 Å². The smallest absolute Gasteiger partial charge is 0.264 e. The van der Waals surface area contributed by atoms with Crippen molar-refractivity contribution in [2.24, 2.45) is 0 Å². The average Bonchev–Trinajstić information content (AvgIpc) is 3.32. The standard InChI is InChI=1S/C23H20N4O4S2/c1-31-19-12-8-11-18(15-19)27(33(29,30)20-13-6-3-7-14-20)16-21(28)24-23-26-25-22(32-23)17-9-4-2-5-10-17/h2-15H,16H2,1H3,(H,24,26,28). The highest BCUT2D eigenvalue weighted by molar-refractivity contribution is 7.92. The van der Waals surface area contributed by atoms with E-state index in [1.54, 1.807) is 42.5 Å². The minimum Gasteiger partial charge on any atom is -0.497 e. The number of ether oxygens (including phenoxy) is 1. The number of carbonyl (C=O) groups is 1. The van der Waals surface area contributed by atoms with E-state index in [1.165, 1.54) is 30.6 Å². The van der Waals surface area contributed by atoms with E-state index in [0.29, 0.717) is 16.4 Å². The number of rotatable bonds is 8. The van der Waals surface area contributed by atoms with Crippen LogP contribution >= 0.6 is 11.3 Å². The molecule has 0 fully saturated rings. The van der Waals surface area contributed by atoms with Crippen LogP contribution in [0.2, 0.25) is 0 Å². The first-order chi connectivity index (χ1) is 16.0. The Labute approximate surface area is 195 Å². The van der Waals surface area contributed by atoms with Gasteiger partial charge in [0.1, 0.15) is 17.3 Å². The first-order valence-corrected chi connectivity index (χ1v) is 12.1. The zero-order valence-corrected chi connectivity index (χ0v) is 19.2. The second-order valence-corrected chi connectivity index (χ2v) is 9.69. The van der Waals surface area contributed by atoms with Gasteiger partial charge in [0.25, 0.3) is 10.0 Å². The van der Waals surface area contributed by atoms with E-state index in [9.17, 15) is 13.2 Å². The molecule has 10 heteroatoms. The lowest BCUT2D eigenvalue weighted by Gasteiger charge is -2.24. The number of hydrogen-bond donors (Lipinski definition) is 1. The molecule has 0 saturated carbocycles. The zero-order valence-electron chi connectivity index (χ0n) is 17.6. The van der Waals surface area contributed by atoms with Crippen LogP contribution in [0.4, 0.5) is 10.8 Å². The molecule has 168 valence electrons. The summed E-state index contributed by atoms with van der Waals surface area (Å²) in [6, 6.07) is 23.9. The van der Waals surface area contributed by atoms with Gasteiger partial charge in [-0.15, -0.1) is 10.2 Å². The normalized spacial score (nSPS) is 11.1. The second kappa shape index (κ2) is 9.80. The van der Waals surface area contributed by atoms with Crippen molar-refractivity contribution in [3.8, 4) is 16.3 Å². The first kappa shape index (κ1) is 22.4. The van der Waals surface area contributed by atoms with E-state index >= 15 is 0 Å². The molecule has 1 heterocycles. The minimum absolute atomic E-state index is 0.0721. The van der Waals surface area contributed by atoms with Gasteiger partial charge in [0.15, 0.2) is 0 Å². The Hall–Kier alpha value is -3.76. The van der Waals surface area contributed by atoms with E-state index < -0.39 is 22.5 Å². The van der Waals surface area contributed by atoms with Crippen molar-refractivity contribution in [1.82, 2.24) is 10.2 Å². The van der Waals surface area contributed by atoms with Crippen LogP contribution in [-0.2, 0) is 14.8 Å². The van der Waals surface area contributed by atoms with Gasteiger partial charge < -0.3 is 4.74 Å². The highest BCUT2D eigenvalue weighted by atomic mass is 32.2. The summed E-state index contributed by atoms with van der Waals surface area (Å²) in [6.45, 7) is -0.454. The van der Waals surface area contributed by atoms with Crippen LogP contribution in [0.3, 0.4) is 0 Å². The van der Waals surface area contributed by atoms with Gasteiger partial charge in [0, 0.05) is 11.6 Å². The number of hydrogen-bond acceptors (Lipinski definition) is 7. The molecule has 1 aromatic heterocycles. The predicted octanol–water partition coefficient (Wildman–Crippen LogP) is 4.05. The molecule has 33 heavy (non-hydrogen) atoms. The number of benzene rings is 3. The molecular formula is C23H20N4O4S2. The van der Waals surface area contributed by atoms with E-state index in [1.807, 2.05) is 30.3 Å². The number of aromatic nitrogens is 2. The number of nitrogens with zero attached hydrogens (tertiary/aromatic N) is 3. The molecule has 1 amide bonds. The van der Waals surface area contributed by atoms with Crippen molar-refractivity contribution >= 4 is 38.1 Å². The van der Waals surface area contributed by atoms with Gasteiger partial charge in [0.05, 0.1) is 17.7 Å². The van der Waals surface area contributed by atoms with Crippen molar-refractivity contribution < 1.29 is 17.9 Å². The molecule has 3 aromatic carbocycles. The average molecular weight is 481 g/mol. The molecule has 8 nitrogen and oxygen atoms in total. The largest absolute Gasteiger partial charge is 0.497 e. The monoisotopic (exact) mass is 480 g/mol. The fraction of sp³-hybridized carbons (Fsp3) is 0.0870. The quantitative estimate of drug-likeness (QED) is 0.408. The number of methoxy groups -OCH3 is 1. The van der Waals surface area contributed by atoms with Crippen LogP contribution < -0.4 is 14.4 Å². The van der Waals surface area contributed by atoms with Crippen molar-refractivity contribution in [3.05, 3.63) is 84.9 Å². The van der Waals surface area contributed by atoms with Gasteiger partial charge in [-0.05, 0) is 24.3 Å². The third-order valence-corrected chi connectivity index (χ3v) is 7.33. The zero-order chi connectivity index (χ0) is 23.3. The molecule has 4 rings (SSSR count). The summed E-state index contributed by atoms with van der Waals surface area (Å²) >= 11 is 1.21. The Morgan fingerprint density at radius 3 is 2.36 bits per heavy atom. The molecule has 0 aliphatic rings. The summed E-state index contributed by atoms with van der Waals surface area (Å²) in [5.41, 5.74) is 1.18. The number of amides is 1. The lowest BCUT2D eigenvalue weighted by atomic mass is 10.2. The van der Waals surface area contributed by atoms with Crippen LogP contribution in [0, 0.1) is 0 Å². The summed E-state index contributed by atoms with van der Waals surface area (Å²) in [4.78, 5) is 12.9. The third kappa shape index (κ3) is 5.18. The van der Waals surface area contributed by atoms with Gasteiger partial charge in [-0.1, -0.05) is 65.9 Å². The molecule has 0 aliphatic carbocycles. The van der Waals surface area contributed by atoms with E-state index in [-0.39, 0.29) is 10.0 Å². The topological polar surface area (TPSA) is 101 Å². The highest BCUT2D eigenvalue weighted by Crippen LogP contribution is 2.28. The summed E-state index contributed by atoms with van der Waals surface area (Å²) in [5.74, 6) is -0.0779. The first-order valence-electron chi connectivity index (χ1n) is 9.88. The van der Waals surface area contributed by atoms with Crippen LogP contribution in [0.5, 0.6) is 5.75 Å². The maximum Gasteiger partial charge on any atom is 0.264 e. The third-order valence-electron chi connectivity index (χ3n) is 4.65.